The van der Waals surface area contributed by atoms with Crippen molar-refractivity contribution in [3.63, 3.8) is 0 Å². The summed E-state index contributed by atoms with van der Waals surface area (Å²) in [4.78, 5) is 84.5. The van der Waals surface area contributed by atoms with Crippen LogP contribution in [0.4, 0.5) is 0 Å². The van der Waals surface area contributed by atoms with Crippen LogP contribution in [0.25, 0.3) is 0 Å². The zero-order valence-electron chi connectivity index (χ0n) is 35.1. The van der Waals surface area contributed by atoms with Gasteiger partial charge in [-0.2, -0.15) is 20.5 Å². The van der Waals surface area contributed by atoms with Crippen LogP contribution < -0.4 is 37.4 Å². The number of allylic oxidation sites excluding steroid dienone is 2. The van der Waals surface area contributed by atoms with Gasteiger partial charge in [0.25, 0.3) is 0 Å². The fourth-order valence-electron chi connectivity index (χ4n) is 0.880. The Morgan fingerprint density at radius 1 is 0.491 bits per heavy atom. The molecule has 0 saturated heterocycles. The lowest BCUT2D eigenvalue weighted by atomic mass is 10.3. The Hall–Kier alpha value is -5.67. The summed E-state index contributed by atoms with van der Waals surface area (Å²) < 4.78 is 4.11. The molecule has 7 amide bonds. The standard InChI is InChI=1S/C6H12N2O2.2C4H8N2O2.C4H8.C3H7NO.C3H7N.C3H6O2.2C2H6N2.4CH4.H2O/c1-7-5(9)3-4-6(10)8-2;1-5-3(7)4(8)6-2;1-3(7)5-6-4(2)8;1-3-4-2;1-3(5)4-2;1-3-4-2;1-3(4)5-2;2*1-3-4-2;;;;;/h3-4H2,1-2H3,(H,7,9)(H,8,10);2*1-2H3,(H,5,7)(H,6,8);3-4H,1-2H3;1-2H3,(H,4,5);3H,1-2H3;1-2H3;2*1-2H3;4*1H4;1H2/b;;;4-3+;;;;;;;;;;. The van der Waals surface area contributed by atoms with E-state index in [1.165, 1.54) is 48.9 Å². The normalized spacial score (nSPS) is 7.54. The molecule has 0 aromatic carbocycles. The van der Waals surface area contributed by atoms with Gasteiger partial charge in [-0.05, 0) is 27.0 Å². The molecule has 0 spiro atoms. The highest BCUT2D eigenvalue weighted by Gasteiger charge is 2.05. The van der Waals surface area contributed by atoms with Gasteiger partial charge in [-0.3, -0.25) is 49.2 Å². The average molecular weight is 835 g/mol. The smallest absolute Gasteiger partial charge is 0.309 e. The number of esters is 1. The Morgan fingerprint density at radius 3 is 0.772 bits per heavy atom. The molecule has 0 aromatic heterocycles. The first kappa shape index (κ1) is 93.3. The molecule has 0 atom stereocenters. The molecule has 0 aliphatic rings. The van der Waals surface area contributed by atoms with Crippen LogP contribution in [-0.2, 0) is 43.1 Å². The molecule has 22 nitrogen and oxygen atoms in total. The molecule has 346 valence electrons. The van der Waals surface area contributed by atoms with Crippen LogP contribution in [0.2, 0.25) is 0 Å². The molecule has 0 heterocycles. The molecule has 0 fully saturated rings. The van der Waals surface area contributed by atoms with Gasteiger partial charge in [0.15, 0.2) is 0 Å². The van der Waals surface area contributed by atoms with Crippen molar-refractivity contribution in [2.45, 2.75) is 91.0 Å². The minimum Gasteiger partial charge on any atom is -0.469 e. The van der Waals surface area contributed by atoms with Gasteiger partial charge in [-0.1, -0.05) is 41.9 Å². The number of methoxy groups -OCH3 is 1. The second-order valence-corrected chi connectivity index (χ2v) is 7.85. The minimum absolute atomic E-state index is 0. The number of azo groups is 2. The quantitative estimate of drug-likeness (QED) is 0.0547. The molecule has 0 aromatic rings. The number of carbonyl (C=O) groups excluding carboxylic acids is 8. The predicted molar refractivity (Wildman–Crippen MR) is 235 cm³/mol. The van der Waals surface area contributed by atoms with Crippen LogP contribution in [0.5, 0.6) is 0 Å². The van der Waals surface area contributed by atoms with E-state index < -0.39 is 11.8 Å². The molecule has 22 heteroatoms. The van der Waals surface area contributed by atoms with Crippen molar-refractivity contribution in [2.75, 3.05) is 77.6 Å². The summed E-state index contributed by atoms with van der Waals surface area (Å²) in [6.07, 6.45) is 6.27. The van der Waals surface area contributed by atoms with Crippen LogP contribution in [0, 0.1) is 0 Å². The van der Waals surface area contributed by atoms with E-state index in [1.807, 2.05) is 32.9 Å². The number of amides is 7. The molecular weight excluding hydrogens is 748 g/mol. The summed E-state index contributed by atoms with van der Waals surface area (Å²) in [5.41, 5.74) is 4.21. The van der Waals surface area contributed by atoms with E-state index in [-0.39, 0.29) is 83.5 Å². The summed E-state index contributed by atoms with van der Waals surface area (Å²) in [6.45, 7) is 11.4. The number of carbonyl (C=O) groups is 8. The van der Waals surface area contributed by atoms with E-state index in [4.69, 9.17) is 0 Å². The lowest BCUT2D eigenvalue weighted by molar-refractivity contribution is -0.138. The Balaban J connectivity index is -0.0000000307. The molecule has 0 saturated carbocycles. The SMILES string of the molecule is C.C.C.C.C/C=C/C.CC(=O)NNC(C)=O.CC=NC.CN=NC.CN=NC.CNC(=O)C(=O)NC.CNC(=O)CCC(=O)NC.CNC(C)=O.COC(C)=O.O. The number of likely N-dealkylation sites (N-methyl/N-ethyl adjacent to an activating group) is 2. The maximum atomic E-state index is 10.5. The lowest BCUT2D eigenvalue weighted by Gasteiger charge is -1.97. The van der Waals surface area contributed by atoms with Crippen LogP contribution in [0.1, 0.15) is 91.0 Å². The third-order valence-electron chi connectivity index (χ3n) is 3.84. The first-order chi connectivity index (χ1) is 24.2. The van der Waals surface area contributed by atoms with Crippen LogP contribution in [0.15, 0.2) is 37.6 Å². The zero-order valence-corrected chi connectivity index (χ0v) is 35.1. The van der Waals surface area contributed by atoms with E-state index in [0.29, 0.717) is 0 Å². The van der Waals surface area contributed by atoms with Gasteiger partial charge in [-0.15, -0.1) is 0 Å². The number of hydrogen-bond donors (Lipinski definition) is 7. The topological polar surface area (TPSA) is 323 Å². The molecular formula is C35H86N12O10. The molecule has 0 aliphatic heterocycles. The monoisotopic (exact) mass is 835 g/mol. The van der Waals surface area contributed by atoms with E-state index in [1.54, 1.807) is 62.6 Å². The minimum atomic E-state index is -0.618. The highest BCUT2D eigenvalue weighted by atomic mass is 16.5. The van der Waals surface area contributed by atoms with Crippen molar-refractivity contribution in [2.24, 2.45) is 25.4 Å². The number of hydrazine groups is 1. The third-order valence-corrected chi connectivity index (χ3v) is 3.84. The van der Waals surface area contributed by atoms with Crippen molar-refractivity contribution in [1.29, 1.82) is 0 Å². The number of hydrogen-bond acceptors (Lipinski definition) is 14. The summed E-state index contributed by atoms with van der Waals surface area (Å²) in [5.74, 6) is -2.25. The summed E-state index contributed by atoms with van der Waals surface area (Å²) >= 11 is 0. The highest BCUT2D eigenvalue weighted by molar-refractivity contribution is 6.34. The fraction of sp³-hybridized carbons (Fsp3) is 0.686. The van der Waals surface area contributed by atoms with Gasteiger partial charge >= 0.3 is 17.8 Å². The zero-order chi connectivity index (χ0) is 43.3. The first-order valence-electron chi connectivity index (χ1n) is 15.2. The Bertz CT molecular complexity index is 895. The average Bonchev–Trinajstić information content (AvgIpc) is 3.16. The number of rotatable bonds is 3. The number of aliphatic imine (C=N–C) groups is 1. The summed E-state index contributed by atoms with van der Waals surface area (Å²) in [6, 6.07) is 0. The number of nitrogens with zero attached hydrogens (tertiary/aromatic N) is 5. The molecule has 0 radical (unpaired) electrons. The van der Waals surface area contributed by atoms with Gasteiger partial charge in [0.2, 0.25) is 29.5 Å². The van der Waals surface area contributed by atoms with Crippen LogP contribution in [-0.4, -0.2) is 137 Å². The van der Waals surface area contributed by atoms with Gasteiger partial charge in [-0.25, -0.2) is 0 Å². The maximum absolute atomic E-state index is 10.5. The predicted octanol–water partition coefficient (Wildman–Crippen LogP) is 2.25. The Morgan fingerprint density at radius 2 is 0.702 bits per heavy atom. The van der Waals surface area contributed by atoms with Crippen LogP contribution in [0.3, 0.4) is 0 Å². The molecule has 0 rings (SSSR count). The highest BCUT2D eigenvalue weighted by Crippen LogP contribution is 1.86. The molecule has 0 aliphatic carbocycles. The second-order valence-electron chi connectivity index (χ2n) is 7.85. The second kappa shape index (κ2) is 92.8. The molecule has 57 heavy (non-hydrogen) atoms. The van der Waals surface area contributed by atoms with E-state index in [9.17, 15) is 38.4 Å². The third kappa shape index (κ3) is 199. The Labute approximate surface area is 345 Å². The van der Waals surface area contributed by atoms with E-state index in [0.717, 1.165) is 0 Å². The maximum Gasteiger partial charge on any atom is 0.309 e. The summed E-state index contributed by atoms with van der Waals surface area (Å²) in [5, 5.41) is 25.0. The van der Waals surface area contributed by atoms with Crippen molar-refractivity contribution >= 4 is 53.5 Å². The number of ether oxygens (including phenoxy) is 1. The van der Waals surface area contributed by atoms with Crippen molar-refractivity contribution in [3.8, 4) is 0 Å². The van der Waals surface area contributed by atoms with E-state index >= 15 is 0 Å². The fourth-order valence-corrected chi connectivity index (χ4v) is 0.880. The Kier molecular flexibility index (Phi) is 152. The van der Waals surface area contributed by atoms with E-state index in [2.05, 4.69) is 67.6 Å². The molecule has 0 unspecified atom stereocenters. The van der Waals surface area contributed by atoms with Gasteiger partial charge < -0.3 is 41.8 Å². The molecule has 9 N–H and O–H groups in total. The largest absolute Gasteiger partial charge is 0.469 e. The van der Waals surface area contributed by atoms with Gasteiger partial charge in [0.1, 0.15) is 0 Å². The lowest BCUT2D eigenvalue weighted by Crippen LogP contribution is -2.38. The first-order valence-corrected chi connectivity index (χ1v) is 15.2. The van der Waals surface area contributed by atoms with Crippen molar-refractivity contribution < 1.29 is 48.6 Å². The van der Waals surface area contributed by atoms with Gasteiger partial charge in [0.05, 0.1) is 7.11 Å². The number of nitrogens with one attached hydrogen (secondary N) is 7. The summed E-state index contributed by atoms with van der Waals surface area (Å²) in [7, 11) is 17.2. The van der Waals surface area contributed by atoms with Crippen LogP contribution >= 0.6 is 0 Å². The van der Waals surface area contributed by atoms with Crippen molar-refractivity contribution in [3.05, 3.63) is 12.2 Å². The molecule has 0 bridgehead atoms. The van der Waals surface area contributed by atoms with Gasteiger partial charge in [0, 0.05) is 111 Å². The van der Waals surface area contributed by atoms with Crippen molar-refractivity contribution in [1.82, 2.24) is 37.4 Å².